The molecule has 3 aromatic rings. The van der Waals surface area contributed by atoms with Crippen LogP contribution in [0.1, 0.15) is 0 Å². The van der Waals surface area contributed by atoms with Crippen LogP contribution < -0.4 is 4.90 Å². The zero-order chi connectivity index (χ0) is 21.6. The minimum Gasteiger partial charge on any atom is -0.455 e. The number of para-hydroxylation sites is 1. The van der Waals surface area contributed by atoms with Gasteiger partial charge in [0.05, 0.1) is 11.4 Å². The molecule has 31 heavy (non-hydrogen) atoms. The second-order valence-corrected chi connectivity index (χ2v) is 8.33. The normalized spacial score (nSPS) is 14.0. The Balaban J connectivity index is 1.20. The van der Waals surface area contributed by atoms with Crippen molar-refractivity contribution in [3.63, 3.8) is 0 Å². The summed E-state index contributed by atoms with van der Waals surface area (Å²) in [6.07, 6.45) is 0. The molecule has 0 N–H and O–H groups in total. The van der Waals surface area contributed by atoms with Gasteiger partial charge < -0.3 is 14.5 Å². The predicted octanol–water partition coefficient (Wildman–Crippen LogP) is 3.96. The van der Waals surface area contributed by atoms with E-state index in [1.165, 1.54) is 17.8 Å². The summed E-state index contributed by atoms with van der Waals surface area (Å²) in [6.45, 7) is 1.75. The number of anilines is 1. The van der Waals surface area contributed by atoms with Crippen molar-refractivity contribution in [1.82, 2.24) is 4.90 Å². The van der Waals surface area contributed by atoms with Gasteiger partial charge in [0.1, 0.15) is 5.82 Å². The molecular formula is C24H23FN2O3S. The molecule has 160 valence electrons. The summed E-state index contributed by atoms with van der Waals surface area (Å²) in [5, 5.41) is 2.26. The molecule has 0 unspecified atom stereocenters. The van der Waals surface area contributed by atoms with Gasteiger partial charge in [-0.2, -0.15) is 0 Å². The largest absolute Gasteiger partial charge is 0.455 e. The highest BCUT2D eigenvalue weighted by Gasteiger charge is 2.23. The monoisotopic (exact) mass is 438 g/mol. The average molecular weight is 439 g/mol. The molecule has 0 spiro atoms. The minimum atomic E-state index is -0.420. The van der Waals surface area contributed by atoms with Crippen molar-refractivity contribution in [3.05, 3.63) is 72.5 Å². The molecule has 1 heterocycles. The highest BCUT2D eigenvalue weighted by Crippen LogP contribution is 2.24. The minimum absolute atomic E-state index is 0.146. The third-order valence-electron chi connectivity index (χ3n) is 5.26. The Morgan fingerprint density at radius 1 is 0.903 bits per heavy atom. The van der Waals surface area contributed by atoms with Gasteiger partial charge in [-0.15, -0.1) is 11.8 Å². The van der Waals surface area contributed by atoms with Crippen LogP contribution in [-0.4, -0.2) is 55.3 Å². The van der Waals surface area contributed by atoms with Gasteiger partial charge >= 0.3 is 5.97 Å². The lowest BCUT2D eigenvalue weighted by Gasteiger charge is -2.36. The van der Waals surface area contributed by atoms with Crippen LogP contribution in [0, 0.1) is 5.82 Å². The standard InChI is InChI=1S/C24H23FN2O3S/c25-21-7-3-4-8-22(21)26-11-13-27(14-12-26)23(28)16-30-24(29)17-31-20-10-9-18-5-1-2-6-19(18)15-20/h1-10,15H,11-14,16-17H2. The molecule has 3 aromatic carbocycles. The quantitative estimate of drug-likeness (QED) is 0.431. The zero-order valence-electron chi connectivity index (χ0n) is 17.0. The number of hydrogen-bond acceptors (Lipinski definition) is 5. The molecule has 5 nitrogen and oxygen atoms in total. The SMILES string of the molecule is O=C(CSc1ccc2ccccc2c1)OCC(=O)N1CCN(c2ccccc2F)CC1. The van der Waals surface area contributed by atoms with Crippen LogP contribution in [0.3, 0.4) is 0 Å². The van der Waals surface area contributed by atoms with E-state index < -0.39 is 5.97 Å². The number of benzene rings is 3. The molecule has 0 radical (unpaired) electrons. The molecule has 1 aliphatic heterocycles. The third kappa shape index (κ3) is 5.35. The van der Waals surface area contributed by atoms with E-state index >= 15 is 0 Å². The number of carbonyl (C=O) groups is 2. The number of carbonyl (C=O) groups excluding carboxylic acids is 2. The van der Waals surface area contributed by atoms with E-state index in [0.717, 1.165) is 15.7 Å². The van der Waals surface area contributed by atoms with Crippen molar-refractivity contribution in [2.45, 2.75) is 4.90 Å². The van der Waals surface area contributed by atoms with Gasteiger partial charge in [-0.25, -0.2) is 4.39 Å². The first-order chi connectivity index (χ1) is 15.1. The fraction of sp³-hybridized carbons (Fsp3) is 0.250. The Hall–Kier alpha value is -3.06. The van der Waals surface area contributed by atoms with Gasteiger partial charge in [0.2, 0.25) is 0 Å². The third-order valence-corrected chi connectivity index (χ3v) is 6.23. The first-order valence-electron chi connectivity index (χ1n) is 10.1. The van der Waals surface area contributed by atoms with Crippen LogP contribution in [-0.2, 0) is 14.3 Å². The highest BCUT2D eigenvalue weighted by atomic mass is 32.2. The lowest BCUT2D eigenvalue weighted by atomic mass is 10.1. The van der Waals surface area contributed by atoms with Crippen molar-refractivity contribution in [3.8, 4) is 0 Å². The molecule has 1 saturated heterocycles. The average Bonchev–Trinajstić information content (AvgIpc) is 2.81. The van der Waals surface area contributed by atoms with Crippen molar-refractivity contribution in [2.24, 2.45) is 0 Å². The molecule has 0 aliphatic carbocycles. The van der Waals surface area contributed by atoms with Gasteiger partial charge in [0, 0.05) is 31.1 Å². The van der Waals surface area contributed by atoms with Crippen LogP contribution in [0.15, 0.2) is 71.6 Å². The first kappa shape index (κ1) is 21.2. The summed E-state index contributed by atoms with van der Waals surface area (Å²) in [7, 11) is 0. The molecule has 7 heteroatoms. The second-order valence-electron chi connectivity index (χ2n) is 7.28. The van der Waals surface area contributed by atoms with E-state index in [1.54, 1.807) is 23.1 Å². The van der Waals surface area contributed by atoms with E-state index in [0.29, 0.717) is 31.9 Å². The van der Waals surface area contributed by atoms with Crippen LogP contribution in [0.4, 0.5) is 10.1 Å². The first-order valence-corrected chi connectivity index (χ1v) is 11.1. The smallest absolute Gasteiger partial charge is 0.316 e. The highest BCUT2D eigenvalue weighted by molar-refractivity contribution is 8.00. The Labute approximate surface area is 184 Å². The predicted molar refractivity (Wildman–Crippen MR) is 121 cm³/mol. The van der Waals surface area contributed by atoms with Gasteiger partial charge in [-0.05, 0) is 35.0 Å². The van der Waals surface area contributed by atoms with Crippen molar-refractivity contribution < 1.29 is 18.7 Å². The summed E-state index contributed by atoms with van der Waals surface area (Å²) in [4.78, 5) is 29.0. The van der Waals surface area contributed by atoms with E-state index in [9.17, 15) is 14.0 Å². The van der Waals surface area contributed by atoms with Gasteiger partial charge in [-0.1, -0.05) is 42.5 Å². The lowest BCUT2D eigenvalue weighted by molar-refractivity contribution is -0.150. The summed E-state index contributed by atoms with van der Waals surface area (Å²) in [5.74, 6) is -0.763. The molecule has 0 atom stereocenters. The number of halogens is 1. The Bertz CT molecular complexity index is 1080. The van der Waals surface area contributed by atoms with Crippen LogP contribution in [0.2, 0.25) is 0 Å². The van der Waals surface area contributed by atoms with E-state index in [-0.39, 0.29) is 24.1 Å². The fourth-order valence-electron chi connectivity index (χ4n) is 3.58. The van der Waals surface area contributed by atoms with Crippen molar-refractivity contribution in [1.29, 1.82) is 0 Å². The number of fused-ring (bicyclic) bond motifs is 1. The topological polar surface area (TPSA) is 49.9 Å². The number of nitrogens with zero attached hydrogens (tertiary/aromatic N) is 2. The molecule has 1 aliphatic rings. The number of esters is 1. The van der Waals surface area contributed by atoms with Gasteiger partial charge in [0.25, 0.3) is 5.91 Å². The zero-order valence-corrected chi connectivity index (χ0v) is 17.8. The summed E-state index contributed by atoms with van der Waals surface area (Å²) < 4.78 is 19.1. The number of hydrogen-bond donors (Lipinski definition) is 0. The van der Waals surface area contributed by atoms with E-state index in [4.69, 9.17) is 4.74 Å². The Kier molecular flexibility index (Phi) is 6.72. The van der Waals surface area contributed by atoms with Gasteiger partial charge in [-0.3, -0.25) is 9.59 Å². The maximum atomic E-state index is 13.9. The van der Waals surface area contributed by atoms with E-state index in [2.05, 4.69) is 0 Å². The number of rotatable bonds is 6. The number of thioether (sulfide) groups is 1. The number of ether oxygens (including phenoxy) is 1. The maximum Gasteiger partial charge on any atom is 0.316 e. The number of piperazine rings is 1. The molecule has 0 aromatic heterocycles. The molecular weight excluding hydrogens is 415 g/mol. The molecule has 0 saturated carbocycles. The molecule has 0 bridgehead atoms. The summed E-state index contributed by atoms with van der Waals surface area (Å²) >= 11 is 1.39. The Morgan fingerprint density at radius 3 is 2.39 bits per heavy atom. The summed E-state index contributed by atoms with van der Waals surface area (Å²) in [5.41, 5.74) is 0.548. The lowest BCUT2D eigenvalue weighted by Crippen LogP contribution is -2.50. The Morgan fingerprint density at radius 2 is 1.61 bits per heavy atom. The fourth-order valence-corrected chi connectivity index (χ4v) is 4.32. The van der Waals surface area contributed by atoms with Crippen molar-refractivity contribution >= 4 is 40.1 Å². The van der Waals surface area contributed by atoms with Crippen molar-refractivity contribution in [2.75, 3.05) is 43.4 Å². The van der Waals surface area contributed by atoms with Crippen LogP contribution >= 0.6 is 11.8 Å². The second kappa shape index (κ2) is 9.83. The number of amides is 1. The molecule has 1 amide bonds. The molecule has 1 fully saturated rings. The summed E-state index contributed by atoms with van der Waals surface area (Å²) in [6, 6.07) is 20.7. The van der Waals surface area contributed by atoms with Crippen LogP contribution in [0.25, 0.3) is 10.8 Å². The van der Waals surface area contributed by atoms with Crippen LogP contribution in [0.5, 0.6) is 0 Å². The van der Waals surface area contributed by atoms with Gasteiger partial charge in [0.15, 0.2) is 6.61 Å². The maximum absolute atomic E-state index is 13.9. The molecule has 4 rings (SSSR count). The van der Waals surface area contributed by atoms with E-state index in [1.807, 2.05) is 47.4 Å².